The first-order valence-corrected chi connectivity index (χ1v) is 3.74. The number of aromatic carboxylic acids is 1. The van der Waals surface area contributed by atoms with Gasteiger partial charge < -0.3 is 10.4 Å². The fraction of sp³-hybridized carbons (Fsp3) is 0. The zero-order valence-corrected chi connectivity index (χ0v) is 7.15. The fourth-order valence-electron chi connectivity index (χ4n) is 0.863. The number of carboxylic acid groups (broad SMARTS) is 1. The molecule has 0 aromatic heterocycles. The van der Waals surface area contributed by atoms with Gasteiger partial charge in [-0.05, 0) is 24.3 Å². The van der Waals surface area contributed by atoms with Gasteiger partial charge in [-0.1, -0.05) is 0 Å². The number of carbonyl (C=O) groups excluding carboxylic acids is 1. The number of carboxylic acids is 1. The van der Waals surface area contributed by atoms with E-state index in [-0.39, 0.29) is 5.56 Å². The normalized spacial score (nSPS) is 9.21. The van der Waals surface area contributed by atoms with Crippen molar-refractivity contribution in [2.75, 3.05) is 5.32 Å². The molecule has 2 amide bonds. The van der Waals surface area contributed by atoms with E-state index in [1.807, 2.05) is 5.43 Å². The van der Waals surface area contributed by atoms with Gasteiger partial charge in [0.25, 0.3) is 0 Å². The Balaban J connectivity index is 2.73. The summed E-state index contributed by atoms with van der Waals surface area (Å²) in [6.07, 6.45) is 0. The Morgan fingerprint density at radius 3 is 2.21 bits per heavy atom. The van der Waals surface area contributed by atoms with E-state index in [1.54, 1.807) is 0 Å². The van der Waals surface area contributed by atoms with Gasteiger partial charge in [0.2, 0.25) is 0 Å². The number of amides is 2. The Hall–Kier alpha value is -2.08. The maximum absolute atomic E-state index is 10.7. The number of hydrazine groups is 1. The number of hydrogen-bond donors (Lipinski definition) is 4. The van der Waals surface area contributed by atoms with Crippen molar-refractivity contribution in [1.82, 2.24) is 5.43 Å². The van der Waals surface area contributed by atoms with Crippen LogP contribution in [0.2, 0.25) is 0 Å². The van der Waals surface area contributed by atoms with Gasteiger partial charge in [0.15, 0.2) is 0 Å². The number of nitrogens with two attached hydrogens (primary N) is 1. The molecule has 0 spiro atoms. The molecule has 14 heavy (non-hydrogen) atoms. The van der Waals surface area contributed by atoms with Gasteiger partial charge in [0.05, 0.1) is 5.56 Å². The lowest BCUT2D eigenvalue weighted by Crippen LogP contribution is -2.34. The maximum atomic E-state index is 10.7. The molecule has 0 bridgehead atoms. The third-order valence-electron chi connectivity index (χ3n) is 1.52. The summed E-state index contributed by atoms with van der Waals surface area (Å²) in [6, 6.07) is 5.15. The third-order valence-corrected chi connectivity index (χ3v) is 1.52. The van der Waals surface area contributed by atoms with Crippen LogP contribution in [0.25, 0.3) is 0 Å². The second-order valence-corrected chi connectivity index (χ2v) is 2.48. The molecule has 0 saturated heterocycles. The number of urea groups is 1. The fourth-order valence-corrected chi connectivity index (χ4v) is 0.863. The van der Waals surface area contributed by atoms with Crippen LogP contribution in [-0.4, -0.2) is 17.1 Å². The molecule has 5 N–H and O–H groups in total. The van der Waals surface area contributed by atoms with Crippen molar-refractivity contribution in [2.45, 2.75) is 0 Å². The van der Waals surface area contributed by atoms with Gasteiger partial charge in [0, 0.05) is 5.69 Å². The van der Waals surface area contributed by atoms with Crippen LogP contribution in [0.5, 0.6) is 0 Å². The van der Waals surface area contributed by atoms with Crippen LogP contribution in [0.15, 0.2) is 24.3 Å². The molecular weight excluding hydrogens is 186 g/mol. The standard InChI is InChI=1S/C8H9N3O3/c9-11-8(14)10-6-3-1-5(2-4-6)7(12)13/h1-4H,9H2,(H,12,13)(H2,10,11,14). The quantitative estimate of drug-likeness (QED) is 0.311. The minimum atomic E-state index is -1.01. The molecule has 6 nitrogen and oxygen atoms in total. The number of nitrogens with one attached hydrogen (secondary N) is 2. The second-order valence-electron chi connectivity index (χ2n) is 2.48. The van der Waals surface area contributed by atoms with E-state index < -0.39 is 12.0 Å². The minimum Gasteiger partial charge on any atom is -0.478 e. The van der Waals surface area contributed by atoms with Crippen molar-refractivity contribution in [3.05, 3.63) is 29.8 Å². The highest BCUT2D eigenvalue weighted by atomic mass is 16.4. The van der Waals surface area contributed by atoms with Crippen molar-refractivity contribution in [3.63, 3.8) is 0 Å². The van der Waals surface area contributed by atoms with E-state index >= 15 is 0 Å². The van der Waals surface area contributed by atoms with E-state index in [9.17, 15) is 9.59 Å². The Morgan fingerprint density at radius 1 is 1.21 bits per heavy atom. The van der Waals surface area contributed by atoms with E-state index in [0.717, 1.165) is 0 Å². The lowest BCUT2D eigenvalue weighted by molar-refractivity contribution is 0.0697. The van der Waals surface area contributed by atoms with Crippen LogP contribution in [-0.2, 0) is 0 Å². The SMILES string of the molecule is NNC(=O)Nc1ccc(C(=O)O)cc1. The van der Waals surface area contributed by atoms with E-state index in [2.05, 4.69) is 5.32 Å². The molecule has 0 saturated carbocycles. The second kappa shape index (κ2) is 4.24. The van der Waals surface area contributed by atoms with Gasteiger partial charge in [-0.25, -0.2) is 15.4 Å². The zero-order valence-electron chi connectivity index (χ0n) is 7.15. The molecule has 0 radical (unpaired) electrons. The summed E-state index contributed by atoms with van der Waals surface area (Å²) in [6.45, 7) is 0. The molecular formula is C8H9N3O3. The van der Waals surface area contributed by atoms with Crippen LogP contribution in [0, 0.1) is 0 Å². The van der Waals surface area contributed by atoms with Crippen LogP contribution >= 0.6 is 0 Å². The van der Waals surface area contributed by atoms with E-state index in [4.69, 9.17) is 10.9 Å². The molecule has 0 fully saturated rings. The summed E-state index contributed by atoms with van der Waals surface area (Å²) in [4.78, 5) is 21.2. The molecule has 1 rings (SSSR count). The lowest BCUT2D eigenvalue weighted by Gasteiger charge is -2.03. The summed E-state index contributed by atoms with van der Waals surface area (Å²) in [5, 5.41) is 11.0. The molecule has 0 heterocycles. The molecule has 0 atom stereocenters. The van der Waals surface area contributed by atoms with Crippen LogP contribution in [0.3, 0.4) is 0 Å². The third kappa shape index (κ3) is 2.46. The minimum absolute atomic E-state index is 0.156. The van der Waals surface area contributed by atoms with Crippen molar-refractivity contribution >= 4 is 17.7 Å². The first kappa shape index (κ1) is 10.0. The van der Waals surface area contributed by atoms with Crippen LogP contribution < -0.4 is 16.6 Å². The Morgan fingerprint density at radius 2 is 1.79 bits per heavy atom. The Labute approximate surface area is 79.7 Å². The molecule has 0 aliphatic rings. The lowest BCUT2D eigenvalue weighted by atomic mass is 10.2. The van der Waals surface area contributed by atoms with Crippen LogP contribution in [0.1, 0.15) is 10.4 Å². The molecule has 1 aromatic carbocycles. The molecule has 0 unspecified atom stereocenters. The molecule has 74 valence electrons. The zero-order chi connectivity index (χ0) is 10.6. The van der Waals surface area contributed by atoms with Gasteiger partial charge in [-0.2, -0.15) is 0 Å². The van der Waals surface area contributed by atoms with E-state index in [0.29, 0.717) is 5.69 Å². The Kier molecular flexibility index (Phi) is 3.03. The monoisotopic (exact) mass is 195 g/mol. The summed E-state index contributed by atoms with van der Waals surface area (Å²) < 4.78 is 0. The Bertz CT molecular complexity index is 347. The van der Waals surface area contributed by atoms with Gasteiger partial charge in [0.1, 0.15) is 0 Å². The van der Waals surface area contributed by atoms with Crippen molar-refractivity contribution < 1.29 is 14.7 Å². The molecule has 1 aromatic rings. The van der Waals surface area contributed by atoms with Gasteiger partial charge in [-0.15, -0.1) is 0 Å². The number of anilines is 1. The first-order chi connectivity index (χ1) is 6.63. The molecule has 0 aliphatic heterocycles. The highest BCUT2D eigenvalue weighted by Gasteiger charge is 2.02. The first-order valence-electron chi connectivity index (χ1n) is 3.74. The summed E-state index contributed by atoms with van der Waals surface area (Å²) in [5.41, 5.74) is 2.51. The van der Waals surface area contributed by atoms with Gasteiger partial charge in [-0.3, -0.25) is 5.43 Å². The summed E-state index contributed by atoms with van der Waals surface area (Å²) in [5.74, 6) is 3.83. The maximum Gasteiger partial charge on any atom is 0.335 e. The highest BCUT2D eigenvalue weighted by Crippen LogP contribution is 2.08. The van der Waals surface area contributed by atoms with Crippen molar-refractivity contribution in [3.8, 4) is 0 Å². The average Bonchev–Trinajstić information content (AvgIpc) is 2.18. The summed E-state index contributed by atoms with van der Waals surface area (Å²) >= 11 is 0. The number of carbonyl (C=O) groups is 2. The van der Waals surface area contributed by atoms with E-state index in [1.165, 1.54) is 24.3 Å². The number of benzene rings is 1. The predicted molar refractivity (Wildman–Crippen MR) is 49.7 cm³/mol. The topological polar surface area (TPSA) is 104 Å². The molecule has 6 heteroatoms. The highest BCUT2D eigenvalue weighted by molar-refractivity contribution is 5.91. The van der Waals surface area contributed by atoms with Crippen LogP contribution in [0.4, 0.5) is 10.5 Å². The van der Waals surface area contributed by atoms with Crippen molar-refractivity contribution in [2.24, 2.45) is 5.84 Å². The van der Waals surface area contributed by atoms with Crippen molar-refractivity contribution in [1.29, 1.82) is 0 Å². The smallest absolute Gasteiger partial charge is 0.335 e. The average molecular weight is 195 g/mol. The number of hydrogen-bond acceptors (Lipinski definition) is 3. The van der Waals surface area contributed by atoms with Gasteiger partial charge >= 0.3 is 12.0 Å². The predicted octanol–water partition coefficient (Wildman–Crippen LogP) is 0.380. The largest absolute Gasteiger partial charge is 0.478 e. The number of rotatable bonds is 2. The summed E-state index contributed by atoms with van der Waals surface area (Å²) in [7, 11) is 0. The molecule has 0 aliphatic carbocycles.